The summed E-state index contributed by atoms with van der Waals surface area (Å²) >= 11 is 1.60. The van der Waals surface area contributed by atoms with Crippen LogP contribution in [-0.4, -0.2) is 26.3 Å². The lowest BCUT2D eigenvalue weighted by atomic mass is 10.1. The molecule has 0 unspecified atom stereocenters. The van der Waals surface area contributed by atoms with Crippen LogP contribution < -0.4 is 14.8 Å². The van der Waals surface area contributed by atoms with Crippen LogP contribution in [0.2, 0.25) is 0 Å². The predicted octanol–water partition coefficient (Wildman–Crippen LogP) is 2.79. The third-order valence-corrected chi connectivity index (χ3v) is 3.47. The summed E-state index contributed by atoms with van der Waals surface area (Å²) in [6, 6.07) is 5.87. The maximum absolute atomic E-state index is 5.25. The molecule has 1 aromatic heterocycles. The highest BCUT2D eigenvalue weighted by molar-refractivity contribution is 7.13. The van der Waals surface area contributed by atoms with Gasteiger partial charge in [-0.15, -0.1) is 11.3 Å². The van der Waals surface area contributed by atoms with Crippen LogP contribution in [0.4, 0.5) is 5.13 Å². The third kappa shape index (κ3) is 2.92. The molecule has 96 valence electrons. The first-order valence-electron chi connectivity index (χ1n) is 5.59. The van der Waals surface area contributed by atoms with Crippen molar-refractivity contribution in [3.05, 3.63) is 34.8 Å². The molecular formula is C13H16N2O2S. The predicted molar refractivity (Wildman–Crippen MR) is 74.0 cm³/mol. The van der Waals surface area contributed by atoms with Gasteiger partial charge in [0.05, 0.1) is 19.9 Å². The van der Waals surface area contributed by atoms with E-state index in [2.05, 4.69) is 15.7 Å². The molecule has 0 amide bonds. The van der Waals surface area contributed by atoms with E-state index in [1.807, 2.05) is 25.2 Å². The fraction of sp³-hybridized carbons (Fsp3) is 0.308. The number of methoxy groups -OCH3 is 2. The van der Waals surface area contributed by atoms with Gasteiger partial charge in [0.2, 0.25) is 0 Å². The van der Waals surface area contributed by atoms with Gasteiger partial charge in [0, 0.05) is 24.9 Å². The number of thiazole rings is 1. The number of ether oxygens (including phenoxy) is 2. The van der Waals surface area contributed by atoms with Crippen LogP contribution in [0.5, 0.6) is 11.5 Å². The van der Waals surface area contributed by atoms with Crippen LogP contribution in [0.3, 0.4) is 0 Å². The lowest BCUT2D eigenvalue weighted by molar-refractivity contribution is 0.393. The van der Waals surface area contributed by atoms with Gasteiger partial charge in [-0.25, -0.2) is 4.98 Å². The molecule has 1 aromatic carbocycles. The first-order chi connectivity index (χ1) is 8.75. The fourth-order valence-electron chi connectivity index (χ4n) is 1.68. The van der Waals surface area contributed by atoms with E-state index in [0.29, 0.717) is 0 Å². The highest BCUT2D eigenvalue weighted by atomic mass is 32.1. The molecule has 0 spiro atoms. The van der Waals surface area contributed by atoms with Gasteiger partial charge in [0.25, 0.3) is 0 Å². The van der Waals surface area contributed by atoms with Crippen LogP contribution in [0.25, 0.3) is 0 Å². The molecule has 0 aliphatic rings. The Morgan fingerprint density at radius 2 is 1.83 bits per heavy atom. The maximum atomic E-state index is 5.25. The largest absolute Gasteiger partial charge is 0.497 e. The zero-order valence-electron chi connectivity index (χ0n) is 10.7. The number of nitrogens with zero attached hydrogens (tertiary/aromatic N) is 1. The molecule has 5 heteroatoms. The number of hydrogen-bond acceptors (Lipinski definition) is 5. The number of rotatable bonds is 5. The molecule has 2 rings (SSSR count). The van der Waals surface area contributed by atoms with E-state index in [4.69, 9.17) is 9.47 Å². The van der Waals surface area contributed by atoms with E-state index in [0.717, 1.165) is 34.3 Å². The zero-order chi connectivity index (χ0) is 13.0. The Kier molecular flexibility index (Phi) is 4.04. The Labute approximate surface area is 111 Å². The number of anilines is 1. The van der Waals surface area contributed by atoms with Gasteiger partial charge in [-0.05, 0) is 17.7 Å². The lowest BCUT2D eigenvalue weighted by Crippen LogP contribution is -1.94. The van der Waals surface area contributed by atoms with Gasteiger partial charge in [-0.1, -0.05) is 0 Å². The van der Waals surface area contributed by atoms with Gasteiger partial charge in [0.15, 0.2) is 5.13 Å². The molecule has 0 saturated heterocycles. The summed E-state index contributed by atoms with van der Waals surface area (Å²) in [5.74, 6) is 1.60. The molecule has 0 bridgehead atoms. The van der Waals surface area contributed by atoms with E-state index in [1.54, 1.807) is 25.6 Å². The van der Waals surface area contributed by atoms with Crippen LogP contribution in [-0.2, 0) is 6.42 Å². The van der Waals surface area contributed by atoms with Gasteiger partial charge in [0.1, 0.15) is 11.5 Å². The molecule has 0 atom stereocenters. The summed E-state index contributed by atoms with van der Waals surface area (Å²) in [6.07, 6.45) is 0.770. The SMILES string of the molecule is CNc1nc(Cc2cc(OC)cc(OC)c2)cs1. The van der Waals surface area contributed by atoms with Crippen LogP contribution in [0.15, 0.2) is 23.6 Å². The molecule has 2 aromatic rings. The molecule has 1 N–H and O–H groups in total. The average Bonchev–Trinajstić information content (AvgIpc) is 2.85. The molecule has 0 aliphatic carbocycles. The quantitative estimate of drug-likeness (QED) is 0.902. The highest BCUT2D eigenvalue weighted by Gasteiger charge is 2.05. The summed E-state index contributed by atoms with van der Waals surface area (Å²) in [4.78, 5) is 4.46. The van der Waals surface area contributed by atoms with Crippen molar-refractivity contribution in [1.82, 2.24) is 4.98 Å². The van der Waals surface area contributed by atoms with Crippen molar-refractivity contribution in [3.63, 3.8) is 0 Å². The van der Waals surface area contributed by atoms with Crippen molar-refractivity contribution >= 4 is 16.5 Å². The molecule has 1 heterocycles. The minimum absolute atomic E-state index is 0.770. The average molecular weight is 264 g/mol. The minimum atomic E-state index is 0.770. The second-order valence-corrected chi connectivity index (χ2v) is 4.65. The van der Waals surface area contributed by atoms with E-state index >= 15 is 0 Å². The zero-order valence-corrected chi connectivity index (χ0v) is 11.5. The van der Waals surface area contributed by atoms with Gasteiger partial charge >= 0.3 is 0 Å². The van der Waals surface area contributed by atoms with Crippen molar-refractivity contribution in [2.24, 2.45) is 0 Å². The van der Waals surface area contributed by atoms with Gasteiger partial charge < -0.3 is 14.8 Å². The monoisotopic (exact) mass is 264 g/mol. The second-order valence-electron chi connectivity index (χ2n) is 3.79. The van der Waals surface area contributed by atoms with Crippen molar-refractivity contribution in [2.75, 3.05) is 26.6 Å². The highest BCUT2D eigenvalue weighted by Crippen LogP contribution is 2.25. The Bertz CT molecular complexity index is 503. The number of nitrogens with one attached hydrogen (secondary N) is 1. The Hall–Kier alpha value is -1.75. The summed E-state index contributed by atoms with van der Waals surface area (Å²) in [5.41, 5.74) is 2.17. The molecule has 0 aliphatic heterocycles. The number of aromatic nitrogens is 1. The second kappa shape index (κ2) is 5.73. The fourth-order valence-corrected chi connectivity index (χ4v) is 2.35. The van der Waals surface area contributed by atoms with E-state index in [-0.39, 0.29) is 0 Å². The molecule has 0 radical (unpaired) electrons. The minimum Gasteiger partial charge on any atom is -0.497 e. The summed E-state index contributed by atoms with van der Waals surface area (Å²) in [7, 11) is 5.18. The maximum Gasteiger partial charge on any atom is 0.182 e. The van der Waals surface area contributed by atoms with Crippen molar-refractivity contribution < 1.29 is 9.47 Å². The number of benzene rings is 1. The molecule has 18 heavy (non-hydrogen) atoms. The van der Waals surface area contributed by atoms with Gasteiger partial charge in [-0.2, -0.15) is 0 Å². The summed E-state index contributed by atoms with van der Waals surface area (Å²) < 4.78 is 10.5. The normalized spacial score (nSPS) is 10.2. The Morgan fingerprint density at radius 3 is 2.33 bits per heavy atom. The molecule has 0 fully saturated rings. The number of hydrogen-bond donors (Lipinski definition) is 1. The van der Waals surface area contributed by atoms with E-state index < -0.39 is 0 Å². The molecule has 0 saturated carbocycles. The van der Waals surface area contributed by atoms with Crippen molar-refractivity contribution in [2.45, 2.75) is 6.42 Å². The smallest absolute Gasteiger partial charge is 0.182 e. The summed E-state index contributed by atoms with van der Waals surface area (Å²) in [5, 5.41) is 6.02. The standard InChI is InChI=1S/C13H16N2O2S/c1-14-13-15-10(8-18-13)4-9-5-11(16-2)7-12(6-9)17-3/h5-8H,4H2,1-3H3,(H,14,15). The molecular weight excluding hydrogens is 248 g/mol. The van der Waals surface area contributed by atoms with Crippen LogP contribution >= 0.6 is 11.3 Å². The lowest BCUT2D eigenvalue weighted by Gasteiger charge is -2.07. The first-order valence-corrected chi connectivity index (χ1v) is 6.47. The summed E-state index contributed by atoms with van der Waals surface area (Å²) in [6.45, 7) is 0. The van der Waals surface area contributed by atoms with Crippen molar-refractivity contribution in [1.29, 1.82) is 0 Å². The van der Waals surface area contributed by atoms with Crippen LogP contribution in [0.1, 0.15) is 11.3 Å². The van der Waals surface area contributed by atoms with Gasteiger partial charge in [-0.3, -0.25) is 0 Å². The van der Waals surface area contributed by atoms with E-state index in [1.165, 1.54) is 0 Å². The topological polar surface area (TPSA) is 43.4 Å². The Morgan fingerprint density at radius 1 is 1.17 bits per heavy atom. The third-order valence-electron chi connectivity index (χ3n) is 2.56. The van der Waals surface area contributed by atoms with Crippen molar-refractivity contribution in [3.8, 4) is 11.5 Å². The first kappa shape index (κ1) is 12.7. The van der Waals surface area contributed by atoms with E-state index in [9.17, 15) is 0 Å². The Balaban J connectivity index is 2.22. The molecule has 4 nitrogen and oxygen atoms in total. The van der Waals surface area contributed by atoms with Crippen LogP contribution in [0, 0.1) is 0 Å².